The minimum absolute atomic E-state index is 0.0613. The summed E-state index contributed by atoms with van der Waals surface area (Å²) in [6.07, 6.45) is 5.79. The number of aryl methyl sites for hydroxylation is 1. The fourth-order valence-corrected chi connectivity index (χ4v) is 4.45. The van der Waals surface area contributed by atoms with Crippen molar-refractivity contribution in [3.05, 3.63) is 33.8 Å². The predicted molar refractivity (Wildman–Crippen MR) is 88.2 cm³/mol. The van der Waals surface area contributed by atoms with Crippen LogP contribution in [0.5, 0.6) is 0 Å². The van der Waals surface area contributed by atoms with Crippen molar-refractivity contribution >= 4 is 21.8 Å². The van der Waals surface area contributed by atoms with E-state index in [1.54, 1.807) is 0 Å². The van der Waals surface area contributed by atoms with Crippen molar-refractivity contribution in [1.82, 2.24) is 5.32 Å². The third-order valence-corrected chi connectivity index (χ3v) is 5.61. The number of benzene rings is 1. The van der Waals surface area contributed by atoms with E-state index in [0.717, 1.165) is 28.4 Å². The molecule has 0 aromatic heterocycles. The molecule has 1 aromatic carbocycles. The van der Waals surface area contributed by atoms with E-state index in [1.165, 1.54) is 19.3 Å². The van der Waals surface area contributed by atoms with Gasteiger partial charge in [-0.25, -0.2) is 0 Å². The summed E-state index contributed by atoms with van der Waals surface area (Å²) < 4.78 is 0.948. The summed E-state index contributed by atoms with van der Waals surface area (Å²) in [5, 5.41) is 3.31. The molecule has 2 atom stereocenters. The summed E-state index contributed by atoms with van der Waals surface area (Å²) in [6, 6.07) is 6.50. The van der Waals surface area contributed by atoms with Crippen molar-refractivity contribution in [1.29, 1.82) is 0 Å². The number of hydrogen-bond acceptors (Lipinski definition) is 2. The lowest BCUT2D eigenvalue weighted by molar-refractivity contribution is 0.0755. The normalized spacial score (nSPS) is 31.8. The number of hydrogen-bond donors (Lipinski definition) is 2. The molecule has 1 aromatic rings. The highest BCUT2D eigenvalue weighted by molar-refractivity contribution is 9.10. The van der Waals surface area contributed by atoms with Crippen molar-refractivity contribution in [2.75, 3.05) is 0 Å². The van der Waals surface area contributed by atoms with E-state index in [0.29, 0.717) is 23.9 Å². The van der Waals surface area contributed by atoms with E-state index in [-0.39, 0.29) is 5.91 Å². The minimum Gasteiger partial charge on any atom is -0.349 e. The molecule has 2 bridgehead atoms. The predicted octanol–water partition coefficient (Wildman–Crippen LogP) is 3.39. The fourth-order valence-electron chi connectivity index (χ4n) is 4.09. The Bertz CT molecular complexity index is 532. The Kier molecular flexibility index (Phi) is 4.36. The number of fused-ring (bicyclic) bond motifs is 2. The average Bonchev–Trinajstić information content (AvgIpc) is 2.42. The van der Waals surface area contributed by atoms with E-state index in [2.05, 4.69) is 21.2 Å². The maximum Gasteiger partial charge on any atom is 0.251 e. The van der Waals surface area contributed by atoms with Gasteiger partial charge in [0.25, 0.3) is 5.91 Å². The molecule has 2 aliphatic carbocycles. The maximum atomic E-state index is 12.6. The first-order chi connectivity index (χ1) is 10.0. The number of rotatable bonds is 2. The van der Waals surface area contributed by atoms with E-state index in [1.807, 2.05) is 25.1 Å². The van der Waals surface area contributed by atoms with Gasteiger partial charge in [0.05, 0.1) is 0 Å². The van der Waals surface area contributed by atoms with Gasteiger partial charge in [0.1, 0.15) is 0 Å². The van der Waals surface area contributed by atoms with Crippen LogP contribution in [-0.2, 0) is 0 Å². The van der Waals surface area contributed by atoms with Gasteiger partial charge in [-0.05, 0) is 62.1 Å². The van der Waals surface area contributed by atoms with Gasteiger partial charge in [0.15, 0.2) is 0 Å². The first-order valence-corrected chi connectivity index (χ1v) is 8.66. The van der Waals surface area contributed by atoms with Gasteiger partial charge in [-0.2, -0.15) is 0 Å². The zero-order chi connectivity index (χ0) is 15.0. The van der Waals surface area contributed by atoms with Crippen molar-refractivity contribution in [2.45, 2.75) is 51.1 Å². The Morgan fingerprint density at radius 3 is 2.62 bits per heavy atom. The zero-order valence-electron chi connectivity index (χ0n) is 12.4. The van der Waals surface area contributed by atoms with Crippen molar-refractivity contribution in [3.8, 4) is 0 Å². The first-order valence-electron chi connectivity index (χ1n) is 7.87. The molecule has 2 aliphatic rings. The molecule has 2 fully saturated rings. The van der Waals surface area contributed by atoms with Gasteiger partial charge < -0.3 is 11.1 Å². The Morgan fingerprint density at radius 2 is 1.95 bits per heavy atom. The maximum absolute atomic E-state index is 12.6. The number of carbonyl (C=O) groups excluding carboxylic acids is 1. The van der Waals surface area contributed by atoms with Gasteiger partial charge in [0, 0.05) is 22.1 Å². The molecule has 114 valence electrons. The molecule has 21 heavy (non-hydrogen) atoms. The third kappa shape index (κ3) is 3.16. The summed E-state index contributed by atoms with van der Waals surface area (Å²) in [6.45, 7) is 1.99. The molecule has 3 N–H and O–H groups in total. The topological polar surface area (TPSA) is 55.1 Å². The smallest absolute Gasteiger partial charge is 0.251 e. The Labute approximate surface area is 134 Å². The fraction of sp³-hybridized carbons (Fsp3) is 0.588. The quantitative estimate of drug-likeness (QED) is 0.858. The van der Waals surface area contributed by atoms with Crippen LogP contribution >= 0.6 is 15.9 Å². The van der Waals surface area contributed by atoms with Crippen LogP contribution in [-0.4, -0.2) is 18.0 Å². The van der Waals surface area contributed by atoms with Crippen LogP contribution in [0.25, 0.3) is 0 Å². The monoisotopic (exact) mass is 350 g/mol. The zero-order valence-corrected chi connectivity index (χ0v) is 14.0. The largest absolute Gasteiger partial charge is 0.349 e. The molecule has 3 nitrogen and oxygen atoms in total. The highest BCUT2D eigenvalue weighted by Gasteiger charge is 2.40. The minimum atomic E-state index is 0.0613. The highest BCUT2D eigenvalue weighted by Crippen LogP contribution is 2.39. The lowest BCUT2D eigenvalue weighted by Gasteiger charge is -2.45. The van der Waals surface area contributed by atoms with E-state index in [9.17, 15) is 4.79 Å². The summed E-state index contributed by atoms with van der Waals surface area (Å²) >= 11 is 3.45. The molecule has 0 spiro atoms. The second-order valence-electron chi connectivity index (χ2n) is 6.64. The average molecular weight is 351 g/mol. The number of nitrogens with two attached hydrogens (primary N) is 1. The molecule has 0 heterocycles. The van der Waals surface area contributed by atoms with E-state index in [4.69, 9.17) is 5.73 Å². The Hall–Kier alpha value is -0.870. The van der Waals surface area contributed by atoms with Gasteiger partial charge in [0.2, 0.25) is 0 Å². The lowest BCUT2D eigenvalue weighted by atomic mass is 9.67. The molecule has 4 heteroatoms. The van der Waals surface area contributed by atoms with Crippen LogP contribution in [0.4, 0.5) is 0 Å². The molecule has 2 saturated carbocycles. The van der Waals surface area contributed by atoms with Gasteiger partial charge >= 0.3 is 0 Å². The Balaban J connectivity index is 1.76. The molecule has 1 amide bonds. The van der Waals surface area contributed by atoms with E-state index >= 15 is 0 Å². The SMILES string of the molecule is Cc1ccc(Br)cc1C(=O)NC1C2CCCC1CC(N)C2. The summed E-state index contributed by atoms with van der Waals surface area (Å²) in [4.78, 5) is 12.6. The summed E-state index contributed by atoms with van der Waals surface area (Å²) in [5.74, 6) is 1.18. The van der Waals surface area contributed by atoms with Crippen LogP contribution in [0, 0.1) is 18.8 Å². The molecule has 0 saturated heterocycles. The number of carbonyl (C=O) groups is 1. The van der Waals surface area contributed by atoms with Crippen molar-refractivity contribution in [2.24, 2.45) is 17.6 Å². The van der Waals surface area contributed by atoms with E-state index < -0.39 is 0 Å². The number of halogens is 1. The van der Waals surface area contributed by atoms with Crippen molar-refractivity contribution < 1.29 is 4.79 Å². The molecule has 0 aliphatic heterocycles. The van der Waals surface area contributed by atoms with Crippen LogP contribution in [0.1, 0.15) is 48.0 Å². The second kappa shape index (κ2) is 6.09. The molecule has 3 rings (SSSR count). The summed E-state index contributed by atoms with van der Waals surface area (Å²) in [7, 11) is 0. The molecular weight excluding hydrogens is 328 g/mol. The second-order valence-corrected chi connectivity index (χ2v) is 7.56. The van der Waals surface area contributed by atoms with Crippen LogP contribution in [0.15, 0.2) is 22.7 Å². The van der Waals surface area contributed by atoms with Crippen molar-refractivity contribution in [3.63, 3.8) is 0 Å². The van der Waals surface area contributed by atoms with Crippen LogP contribution in [0.2, 0.25) is 0 Å². The van der Waals surface area contributed by atoms with Gasteiger partial charge in [-0.1, -0.05) is 28.4 Å². The molecule has 0 radical (unpaired) electrons. The van der Waals surface area contributed by atoms with Gasteiger partial charge in [-0.3, -0.25) is 4.79 Å². The Morgan fingerprint density at radius 1 is 1.29 bits per heavy atom. The summed E-state index contributed by atoms with van der Waals surface area (Å²) in [5.41, 5.74) is 7.95. The van der Waals surface area contributed by atoms with Crippen LogP contribution < -0.4 is 11.1 Å². The third-order valence-electron chi connectivity index (χ3n) is 5.12. The molecular formula is C17H23BrN2O. The van der Waals surface area contributed by atoms with Crippen LogP contribution in [0.3, 0.4) is 0 Å². The first kappa shape index (κ1) is 15.0. The standard InChI is InChI=1S/C17H23BrN2O/c1-10-5-6-13(18)9-15(10)17(21)20-16-11-3-2-4-12(16)8-14(19)7-11/h5-6,9,11-12,14,16H,2-4,7-8,19H2,1H3,(H,20,21). The lowest BCUT2D eigenvalue weighted by Crippen LogP contribution is -2.53. The molecule has 2 unspecified atom stereocenters. The highest BCUT2D eigenvalue weighted by atomic mass is 79.9. The number of amides is 1. The van der Waals surface area contributed by atoms with Gasteiger partial charge in [-0.15, -0.1) is 0 Å². The number of nitrogens with one attached hydrogen (secondary N) is 1.